The van der Waals surface area contributed by atoms with Gasteiger partial charge in [0.05, 0.1) is 10.6 Å². The molecular weight excluding hydrogens is 328 g/mol. The van der Waals surface area contributed by atoms with Crippen molar-refractivity contribution in [3.8, 4) is 0 Å². The largest absolute Gasteiger partial charge is 0.352 e. The van der Waals surface area contributed by atoms with Crippen LogP contribution in [-0.4, -0.2) is 20.9 Å². The van der Waals surface area contributed by atoms with Gasteiger partial charge in [-0.3, -0.25) is 4.79 Å². The van der Waals surface area contributed by atoms with Crippen LogP contribution < -0.4 is 5.32 Å². The summed E-state index contributed by atoms with van der Waals surface area (Å²) in [4.78, 5) is 11.4. The fraction of sp³-hybridized carbons (Fsp3) is 0.417. The lowest BCUT2D eigenvalue weighted by molar-refractivity contribution is 0.0935. The minimum absolute atomic E-state index is 0.354. The summed E-state index contributed by atoms with van der Waals surface area (Å²) in [5.41, 5.74) is -0.382. The lowest BCUT2D eigenvalue weighted by Crippen LogP contribution is -2.32. The second kappa shape index (κ2) is 5.87. The zero-order valence-electron chi connectivity index (χ0n) is 10.3. The van der Waals surface area contributed by atoms with E-state index in [0.717, 1.165) is 31.4 Å². The molecule has 110 valence electrons. The summed E-state index contributed by atoms with van der Waals surface area (Å²) in [7, 11) is 1.05. The lowest BCUT2D eigenvalue weighted by atomic mass is 9.85. The Bertz CT molecular complexity index is 644. The molecule has 1 fully saturated rings. The summed E-state index contributed by atoms with van der Waals surface area (Å²) in [5.74, 6) is -1.15. The molecule has 0 atom stereocenters. The van der Waals surface area contributed by atoms with E-state index in [-0.39, 0.29) is 10.6 Å². The van der Waals surface area contributed by atoms with Crippen molar-refractivity contribution < 1.29 is 17.6 Å². The Morgan fingerprint density at radius 3 is 2.55 bits per heavy atom. The van der Waals surface area contributed by atoms with Crippen LogP contribution in [0.1, 0.15) is 29.6 Å². The van der Waals surface area contributed by atoms with Crippen molar-refractivity contribution in [1.29, 1.82) is 0 Å². The second-order valence-corrected chi connectivity index (χ2v) is 7.65. The van der Waals surface area contributed by atoms with E-state index in [1.165, 1.54) is 0 Å². The number of hydrogen-bond acceptors (Lipinski definition) is 3. The van der Waals surface area contributed by atoms with Crippen LogP contribution in [0.2, 0.25) is 5.02 Å². The van der Waals surface area contributed by atoms with Crippen LogP contribution in [0, 0.1) is 11.7 Å². The van der Waals surface area contributed by atoms with E-state index < -0.39 is 25.7 Å². The van der Waals surface area contributed by atoms with E-state index in [4.69, 9.17) is 22.3 Å². The van der Waals surface area contributed by atoms with Crippen LogP contribution >= 0.6 is 22.3 Å². The quantitative estimate of drug-likeness (QED) is 0.857. The third kappa shape index (κ3) is 3.42. The summed E-state index contributed by atoms with van der Waals surface area (Å²) in [6.45, 7) is 0.448. The number of carbonyl (C=O) groups excluding carboxylic acids is 1. The monoisotopic (exact) mass is 339 g/mol. The molecule has 0 heterocycles. The smallest absolute Gasteiger partial charge is 0.262 e. The molecule has 20 heavy (non-hydrogen) atoms. The average Bonchev–Trinajstić information content (AvgIpc) is 2.24. The Balaban J connectivity index is 2.23. The maximum absolute atomic E-state index is 13.7. The highest BCUT2D eigenvalue weighted by atomic mass is 35.7. The first-order valence-electron chi connectivity index (χ1n) is 6.01. The van der Waals surface area contributed by atoms with Gasteiger partial charge in [0.15, 0.2) is 0 Å². The van der Waals surface area contributed by atoms with Crippen molar-refractivity contribution in [2.45, 2.75) is 24.2 Å². The van der Waals surface area contributed by atoms with Crippen molar-refractivity contribution in [2.24, 2.45) is 5.92 Å². The third-order valence-corrected chi connectivity index (χ3v) is 5.09. The number of carbonyl (C=O) groups is 1. The number of nitrogens with one attached hydrogen (secondary N) is 1. The van der Waals surface area contributed by atoms with E-state index in [1.807, 2.05) is 0 Å². The van der Waals surface area contributed by atoms with E-state index in [0.29, 0.717) is 12.5 Å². The lowest BCUT2D eigenvalue weighted by Gasteiger charge is -2.25. The highest BCUT2D eigenvalue weighted by Gasteiger charge is 2.23. The Morgan fingerprint density at radius 1 is 1.40 bits per heavy atom. The molecule has 1 aromatic carbocycles. The van der Waals surface area contributed by atoms with Gasteiger partial charge in [-0.1, -0.05) is 18.0 Å². The highest BCUT2D eigenvalue weighted by molar-refractivity contribution is 8.13. The number of hydrogen-bond donors (Lipinski definition) is 1. The van der Waals surface area contributed by atoms with Crippen LogP contribution in [0.3, 0.4) is 0 Å². The van der Waals surface area contributed by atoms with Gasteiger partial charge in [-0.2, -0.15) is 0 Å². The Labute approximate surface area is 125 Å². The van der Waals surface area contributed by atoms with E-state index in [2.05, 4.69) is 5.32 Å². The molecule has 0 bridgehead atoms. The molecule has 1 aliphatic rings. The summed E-state index contributed by atoms with van der Waals surface area (Å²) >= 11 is 5.61. The molecule has 1 amide bonds. The Hall–Kier alpha value is -0.850. The van der Waals surface area contributed by atoms with Crippen molar-refractivity contribution in [3.63, 3.8) is 0 Å². The number of benzene rings is 1. The van der Waals surface area contributed by atoms with Gasteiger partial charge in [0.25, 0.3) is 15.0 Å². The molecule has 2 rings (SSSR count). The predicted octanol–water partition coefficient (Wildman–Crippen LogP) is 2.94. The van der Waals surface area contributed by atoms with Crippen LogP contribution in [0.25, 0.3) is 0 Å². The van der Waals surface area contributed by atoms with Gasteiger partial charge in [0.1, 0.15) is 10.7 Å². The molecular formula is C12H12Cl2FNO3S. The summed E-state index contributed by atoms with van der Waals surface area (Å²) in [6.07, 6.45) is 3.19. The van der Waals surface area contributed by atoms with Gasteiger partial charge in [-0.25, -0.2) is 12.8 Å². The third-order valence-electron chi connectivity index (χ3n) is 3.30. The van der Waals surface area contributed by atoms with Crippen LogP contribution in [-0.2, 0) is 9.05 Å². The average molecular weight is 340 g/mol. The molecule has 1 saturated carbocycles. The fourth-order valence-electron chi connectivity index (χ4n) is 1.92. The van der Waals surface area contributed by atoms with Gasteiger partial charge >= 0.3 is 0 Å². The maximum Gasteiger partial charge on any atom is 0.262 e. The first kappa shape index (κ1) is 15.5. The standard InChI is InChI=1S/C12H12Cl2FNO3S/c13-9-5-10(15)8(4-11(9)20(14,18)19)12(17)16-6-7-2-1-3-7/h4-5,7H,1-3,6H2,(H,16,17). The molecule has 1 aromatic rings. The highest BCUT2D eigenvalue weighted by Crippen LogP contribution is 2.28. The molecule has 0 spiro atoms. The van der Waals surface area contributed by atoms with Gasteiger partial charge < -0.3 is 5.32 Å². The SMILES string of the molecule is O=C(NCC1CCC1)c1cc(S(=O)(=O)Cl)c(Cl)cc1F. The van der Waals surface area contributed by atoms with Crippen molar-refractivity contribution >= 4 is 37.2 Å². The van der Waals surface area contributed by atoms with Gasteiger partial charge in [0, 0.05) is 17.2 Å². The van der Waals surface area contributed by atoms with Gasteiger partial charge in [0.2, 0.25) is 0 Å². The topological polar surface area (TPSA) is 63.2 Å². The molecule has 0 aromatic heterocycles. The molecule has 0 aliphatic heterocycles. The van der Waals surface area contributed by atoms with E-state index >= 15 is 0 Å². The number of amides is 1. The van der Waals surface area contributed by atoms with Crippen molar-refractivity contribution in [2.75, 3.05) is 6.54 Å². The first-order chi connectivity index (χ1) is 9.29. The van der Waals surface area contributed by atoms with Gasteiger partial charge in [-0.15, -0.1) is 0 Å². The predicted molar refractivity (Wildman–Crippen MR) is 74.1 cm³/mol. The minimum Gasteiger partial charge on any atom is -0.352 e. The normalized spacial score (nSPS) is 15.8. The molecule has 0 radical (unpaired) electrons. The summed E-state index contributed by atoms with van der Waals surface area (Å²) in [5, 5.41) is 2.23. The van der Waals surface area contributed by atoms with E-state index in [1.54, 1.807) is 0 Å². The molecule has 0 unspecified atom stereocenters. The zero-order valence-corrected chi connectivity index (χ0v) is 12.7. The molecule has 4 nitrogen and oxygen atoms in total. The summed E-state index contributed by atoms with van der Waals surface area (Å²) in [6, 6.07) is 1.63. The van der Waals surface area contributed by atoms with Crippen LogP contribution in [0.5, 0.6) is 0 Å². The van der Waals surface area contributed by atoms with Crippen LogP contribution in [0.15, 0.2) is 17.0 Å². The Morgan fingerprint density at radius 2 is 2.05 bits per heavy atom. The number of rotatable bonds is 4. The van der Waals surface area contributed by atoms with Crippen molar-refractivity contribution in [1.82, 2.24) is 5.32 Å². The molecule has 1 N–H and O–H groups in total. The van der Waals surface area contributed by atoms with E-state index in [9.17, 15) is 17.6 Å². The van der Waals surface area contributed by atoms with Crippen LogP contribution in [0.4, 0.5) is 4.39 Å². The first-order valence-corrected chi connectivity index (χ1v) is 8.69. The Kier molecular flexibility index (Phi) is 4.56. The van der Waals surface area contributed by atoms with Gasteiger partial charge in [-0.05, 0) is 30.9 Å². The number of halogens is 3. The summed E-state index contributed by atoms with van der Waals surface area (Å²) < 4.78 is 36.3. The second-order valence-electron chi connectivity index (χ2n) is 4.71. The molecule has 0 saturated heterocycles. The fourth-order valence-corrected chi connectivity index (χ4v) is 3.43. The molecule has 8 heteroatoms. The molecule has 1 aliphatic carbocycles. The zero-order chi connectivity index (χ0) is 14.9. The minimum atomic E-state index is -4.14. The van der Waals surface area contributed by atoms with Crippen molar-refractivity contribution in [3.05, 3.63) is 28.5 Å². The maximum atomic E-state index is 13.7.